The molecule has 142 valence electrons. The topological polar surface area (TPSA) is 52.5 Å². The molecule has 0 unspecified atom stereocenters. The third kappa shape index (κ3) is 3.90. The lowest BCUT2D eigenvalue weighted by Gasteiger charge is -2.12. The standard InChI is InChI=1S/C19H17BrF2N2O3/c1-24-13-6-4-3-5-12(13)16(20)17(24)18(25)23-10-11-7-8-14(27-19(21)22)15(9-11)26-2/h3-9,19H,10H2,1-2H3,(H,23,25). The summed E-state index contributed by atoms with van der Waals surface area (Å²) in [6, 6.07) is 12.2. The van der Waals surface area contributed by atoms with Crippen LogP contribution in [0.3, 0.4) is 0 Å². The largest absolute Gasteiger partial charge is 0.493 e. The molecule has 1 amide bonds. The normalized spacial score (nSPS) is 11.0. The second kappa shape index (κ2) is 7.96. The van der Waals surface area contributed by atoms with Crippen molar-refractivity contribution in [3.63, 3.8) is 0 Å². The van der Waals surface area contributed by atoms with Crippen LogP contribution in [0, 0.1) is 0 Å². The number of amides is 1. The van der Waals surface area contributed by atoms with Crippen LogP contribution in [0.2, 0.25) is 0 Å². The molecule has 5 nitrogen and oxygen atoms in total. The number of aromatic nitrogens is 1. The fourth-order valence-corrected chi connectivity index (χ4v) is 3.66. The highest BCUT2D eigenvalue weighted by Crippen LogP contribution is 2.31. The number of para-hydroxylation sites is 1. The van der Waals surface area contributed by atoms with E-state index in [1.807, 2.05) is 35.9 Å². The molecule has 0 bridgehead atoms. The Kier molecular flexibility index (Phi) is 5.65. The fourth-order valence-electron chi connectivity index (χ4n) is 2.88. The summed E-state index contributed by atoms with van der Waals surface area (Å²) in [5, 5.41) is 3.78. The minimum absolute atomic E-state index is 0.0565. The first-order chi connectivity index (χ1) is 12.9. The zero-order valence-corrected chi connectivity index (χ0v) is 16.2. The maximum absolute atomic E-state index is 12.7. The molecule has 27 heavy (non-hydrogen) atoms. The molecule has 1 heterocycles. The molecule has 0 radical (unpaired) electrons. The Balaban J connectivity index is 1.78. The summed E-state index contributed by atoms with van der Waals surface area (Å²) < 4.78 is 36.8. The molecule has 0 aliphatic carbocycles. The van der Waals surface area contributed by atoms with E-state index in [-0.39, 0.29) is 24.0 Å². The highest BCUT2D eigenvalue weighted by atomic mass is 79.9. The van der Waals surface area contributed by atoms with Crippen molar-refractivity contribution < 1.29 is 23.0 Å². The van der Waals surface area contributed by atoms with Crippen molar-refractivity contribution in [3.8, 4) is 11.5 Å². The van der Waals surface area contributed by atoms with Gasteiger partial charge in [-0.1, -0.05) is 24.3 Å². The van der Waals surface area contributed by atoms with Crippen LogP contribution in [-0.2, 0) is 13.6 Å². The molecule has 1 N–H and O–H groups in total. The van der Waals surface area contributed by atoms with Crippen LogP contribution in [-0.4, -0.2) is 24.2 Å². The molecule has 0 aliphatic heterocycles. The number of aryl methyl sites for hydroxylation is 1. The van der Waals surface area contributed by atoms with Crippen molar-refractivity contribution in [2.24, 2.45) is 7.05 Å². The zero-order valence-electron chi connectivity index (χ0n) is 14.6. The lowest BCUT2D eigenvalue weighted by Crippen LogP contribution is -2.25. The van der Waals surface area contributed by atoms with Gasteiger partial charge < -0.3 is 19.4 Å². The number of benzene rings is 2. The van der Waals surface area contributed by atoms with Gasteiger partial charge in [0.25, 0.3) is 5.91 Å². The SMILES string of the molecule is COc1cc(CNC(=O)c2c(Br)c3ccccc3n2C)ccc1OC(F)F. The van der Waals surface area contributed by atoms with E-state index in [0.717, 1.165) is 15.4 Å². The molecular formula is C19H17BrF2N2O3. The van der Waals surface area contributed by atoms with Crippen LogP contribution in [0.4, 0.5) is 8.78 Å². The summed E-state index contributed by atoms with van der Waals surface area (Å²) in [6.45, 7) is -2.73. The maximum atomic E-state index is 12.7. The Morgan fingerprint density at radius 3 is 2.63 bits per heavy atom. The van der Waals surface area contributed by atoms with Gasteiger partial charge in [-0.3, -0.25) is 4.79 Å². The van der Waals surface area contributed by atoms with Crippen LogP contribution >= 0.6 is 15.9 Å². The van der Waals surface area contributed by atoms with E-state index in [0.29, 0.717) is 11.3 Å². The van der Waals surface area contributed by atoms with Gasteiger partial charge in [-0.25, -0.2) is 0 Å². The summed E-state index contributed by atoms with van der Waals surface area (Å²) in [6.07, 6.45) is 0. The molecule has 0 spiro atoms. The first kappa shape index (κ1) is 19.2. The lowest BCUT2D eigenvalue weighted by molar-refractivity contribution is -0.0512. The smallest absolute Gasteiger partial charge is 0.387 e. The van der Waals surface area contributed by atoms with Crippen LogP contribution in [0.25, 0.3) is 10.9 Å². The van der Waals surface area contributed by atoms with Crippen molar-refractivity contribution in [3.05, 3.63) is 58.2 Å². The highest BCUT2D eigenvalue weighted by Gasteiger charge is 2.19. The van der Waals surface area contributed by atoms with Gasteiger partial charge in [-0.05, 0) is 39.7 Å². The number of nitrogens with zero attached hydrogens (tertiary/aromatic N) is 1. The first-order valence-corrected chi connectivity index (χ1v) is 8.84. The molecule has 0 fully saturated rings. The quantitative estimate of drug-likeness (QED) is 0.617. The van der Waals surface area contributed by atoms with E-state index >= 15 is 0 Å². The summed E-state index contributed by atoms with van der Waals surface area (Å²) >= 11 is 3.50. The number of rotatable bonds is 6. The Labute approximate surface area is 163 Å². The molecular weight excluding hydrogens is 422 g/mol. The second-order valence-corrected chi connectivity index (χ2v) is 6.58. The first-order valence-electron chi connectivity index (χ1n) is 8.05. The van der Waals surface area contributed by atoms with E-state index < -0.39 is 6.61 Å². The highest BCUT2D eigenvalue weighted by molar-refractivity contribution is 9.10. The van der Waals surface area contributed by atoms with Crippen LogP contribution in [0.1, 0.15) is 16.1 Å². The number of fused-ring (bicyclic) bond motifs is 1. The number of alkyl halides is 2. The molecule has 0 aliphatic rings. The monoisotopic (exact) mass is 438 g/mol. The van der Waals surface area contributed by atoms with Crippen molar-refractivity contribution >= 4 is 32.7 Å². The van der Waals surface area contributed by atoms with Gasteiger partial charge in [0.2, 0.25) is 0 Å². The number of halogens is 3. The summed E-state index contributed by atoms with van der Waals surface area (Å²) in [7, 11) is 3.18. The lowest BCUT2D eigenvalue weighted by atomic mass is 10.2. The molecule has 0 saturated carbocycles. The summed E-state index contributed by atoms with van der Waals surface area (Å²) in [5.74, 6) is -0.140. The third-order valence-corrected chi connectivity index (χ3v) is 4.96. The molecule has 2 aromatic carbocycles. The minimum Gasteiger partial charge on any atom is -0.493 e. The molecule has 0 atom stereocenters. The van der Waals surface area contributed by atoms with E-state index in [9.17, 15) is 13.6 Å². The Morgan fingerprint density at radius 2 is 1.96 bits per heavy atom. The summed E-state index contributed by atoms with van der Waals surface area (Å²) in [4.78, 5) is 12.7. The predicted octanol–water partition coefficient (Wildman–Crippen LogP) is 4.48. The molecule has 0 saturated heterocycles. The third-order valence-electron chi connectivity index (χ3n) is 4.16. The van der Waals surface area contributed by atoms with Gasteiger partial charge in [0.15, 0.2) is 11.5 Å². The van der Waals surface area contributed by atoms with Gasteiger partial charge in [0.1, 0.15) is 5.69 Å². The number of carbonyl (C=O) groups is 1. The number of hydrogen-bond donors (Lipinski definition) is 1. The molecule has 3 aromatic rings. The van der Waals surface area contributed by atoms with Gasteiger partial charge >= 0.3 is 6.61 Å². The van der Waals surface area contributed by atoms with E-state index in [1.165, 1.54) is 13.2 Å². The van der Waals surface area contributed by atoms with Gasteiger partial charge in [-0.15, -0.1) is 0 Å². The fraction of sp³-hybridized carbons (Fsp3) is 0.211. The number of nitrogens with one attached hydrogen (secondary N) is 1. The van der Waals surface area contributed by atoms with E-state index in [4.69, 9.17) is 4.74 Å². The van der Waals surface area contributed by atoms with Gasteiger partial charge in [-0.2, -0.15) is 8.78 Å². The second-order valence-electron chi connectivity index (χ2n) is 5.79. The average molecular weight is 439 g/mol. The Hall–Kier alpha value is -2.61. The zero-order chi connectivity index (χ0) is 19.6. The number of methoxy groups -OCH3 is 1. The van der Waals surface area contributed by atoms with Crippen LogP contribution < -0.4 is 14.8 Å². The van der Waals surface area contributed by atoms with Gasteiger partial charge in [0, 0.05) is 24.5 Å². The van der Waals surface area contributed by atoms with Crippen molar-refractivity contribution in [1.82, 2.24) is 9.88 Å². The Bertz CT molecular complexity index is 949. The van der Waals surface area contributed by atoms with E-state index in [2.05, 4.69) is 26.0 Å². The van der Waals surface area contributed by atoms with Crippen LogP contribution in [0.15, 0.2) is 46.9 Å². The minimum atomic E-state index is -2.94. The summed E-state index contributed by atoms with van der Waals surface area (Å²) in [5.41, 5.74) is 2.13. The van der Waals surface area contributed by atoms with Crippen molar-refractivity contribution in [1.29, 1.82) is 0 Å². The average Bonchev–Trinajstić information content (AvgIpc) is 2.91. The number of carbonyl (C=O) groups excluding carboxylic acids is 1. The molecule has 3 rings (SSSR count). The molecule has 1 aromatic heterocycles. The van der Waals surface area contributed by atoms with Crippen molar-refractivity contribution in [2.45, 2.75) is 13.2 Å². The number of hydrogen-bond acceptors (Lipinski definition) is 3. The molecule has 8 heteroatoms. The predicted molar refractivity (Wildman–Crippen MR) is 101 cm³/mol. The Morgan fingerprint density at radius 1 is 1.22 bits per heavy atom. The van der Waals surface area contributed by atoms with Gasteiger partial charge in [0.05, 0.1) is 11.6 Å². The maximum Gasteiger partial charge on any atom is 0.387 e. The van der Waals surface area contributed by atoms with Crippen LogP contribution in [0.5, 0.6) is 11.5 Å². The van der Waals surface area contributed by atoms with E-state index in [1.54, 1.807) is 12.1 Å². The number of ether oxygens (including phenoxy) is 2. The van der Waals surface area contributed by atoms with Crippen molar-refractivity contribution in [2.75, 3.05) is 7.11 Å².